The average Bonchev–Trinajstić information content (AvgIpc) is 2.31. The van der Waals surface area contributed by atoms with Gasteiger partial charge in [-0.05, 0) is 49.4 Å². The molecule has 0 spiro atoms. The van der Waals surface area contributed by atoms with Crippen LogP contribution in [0.5, 0.6) is 5.75 Å². The molecule has 1 rings (SSSR count). The number of halogens is 1. The van der Waals surface area contributed by atoms with Crippen LogP contribution in [0.3, 0.4) is 0 Å². The van der Waals surface area contributed by atoms with E-state index >= 15 is 0 Å². The third-order valence-electron chi connectivity index (χ3n) is 2.88. The largest absolute Gasteiger partial charge is 0.494 e. The van der Waals surface area contributed by atoms with Gasteiger partial charge in [0, 0.05) is 6.04 Å². The number of nitrogens with two attached hydrogens (primary N) is 1. The molecular formula is C14H24ClNO. The molecule has 0 fully saturated rings. The molecule has 0 aliphatic carbocycles. The Morgan fingerprint density at radius 2 is 1.88 bits per heavy atom. The van der Waals surface area contributed by atoms with E-state index < -0.39 is 0 Å². The van der Waals surface area contributed by atoms with Crippen molar-refractivity contribution in [1.29, 1.82) is 0 Å². The van der Waals surface area contributed by atoms with Gasteiger partial charge in [-0.15, -0.1) is 12.4 Å². The van der Waals surface area contributed by atoms with Crippen LogP contribution in [0.2, 0.25) is 0 Å². The third-order valence-corrected chi connectivity index (χ3v) is 2.88. The SMILES string of the molecule is CCOc1ccc(CC(N)CC)c(CC)c1.Cl. The van der Waals surface area contributed by atoms with Gasteiger partial charge in [0.2, 0.25) is 0 Å². The molecule has 0 aliphatic heterocycles. The molecule has 17 heavy (non-hydrogen) atoms. The molecule has 0 saturated carbocycles. The number of benzene rings is 1. The van der Waals surface area contributed by atoms with Crippen LogP contribution >= 0.6 is 12.4 Å². The van der Waals surface area contributed by atoms with Crippen molar-refractivity contribution >= 4 is 12.4 Å². The normalized spacial score (nSPS) is 11.8. The lowest BCUT2D eigenvalue weighted by molar-refractivity contribution is 0.340. The maximum atomic E-state index is 5.99. The van der Waals surface area contributed by atoms with E-state index in [0.717, 1.165) is 31.6 Å². The number of rotatable bonds is 6. The number of hydrogen-bond acceptors (Lipinski definition) is 2. The zero-order valence-electron chi connectivity index (χ0n) is 11.0. The van der Waals surface area contributed by atoms with Crippen molar-refractivity contribution in [2.45, 2.75) is 46.1 Å². The zero-order chi connectivity index (χ0) is 12.0. The second-order valence-corrected chi connectivity index (χ2v) is 4.09. The first-order valence-electron chi connectivity index (χ1n) is 6.21. The first-order valence-corrected chi connectivity index (χ1v) is 6.21. The minimum absolute atomic E-state index is 0. The first kappa shape index (κ1) is 16.3. The topological polar surface area (TPSA) is 35.2 Å². The molecule has 0 heterocycles. The minimum Gasteiger partial charge on any atom is -0.494 e. The molecule has 1 atom stereocenters. The van der Waals surface area contributed by atoms with Gasteiger partial charge in [-0.1, -0.05) is 19.9 Å². The molecular weight excluding hydrogens is 234 g/mol. The molecule has 0 aliphatic rings. The lowest BCUT2D eigenvalue weighted by atomic mass is 9.97. The van der Waals surface area contributed by atoms with Crippen molar-refractivity contribution in [3.63, 3.8) is 0 Å². The van der Waals surface area contributed by atoms with Crippen LogP contribution in [0.1, 0.15) is 38.3 Å². The zero-order valence-corrected chi connectivity index (χ0v) is 11.8. The molecule has 0 bridgehead atoms. The van der Waals surface area contributed by atoms with E-state index in [-0.39, 0.29) is 18.4 Å². The van der Waals surface area contributed by atoms with Crippen LogP contribution in [0, 0.1) is 0 Å². The molecule has 0 radical (unpaired) electrons. The maximum absolute atomic E-state index is 5.99. The number of hydrogen-bond donors (Lipinski definition) is 1. The second kappa shape index (κ2) is 8.37. The van der Waals surface area contributed by atoms with Crippen LogP contribution in [-0.4, -0.2) is 12.6 Å². The Morgan fingerprint density at radius 1 is 1.18 bits per heavy atom. The predicted octanol–water partition coefficient (Wildman–Crippen LogP) is 3.35. The van der Waals surface area contributed by atoms with E-state index in [1.807, 2.05) is 13.0 Å². The maximum Gasteiger partial charge on any atom is 0.119 e. The lowest BCUT2D eigenvalue weighted by Crippen LogP contribution is -2.22. The molecule has 0 aromatic heterocycles. The molecule has 2 N–H and O–H groups in total. The Morgan fingerprint density at radius 3 is 2.41 bits per heavy atom. The summed E-state index contributed by atoms with van der Waals surface area (Å²) >= 11 is 0. The van der Waals surface area contributed by atoms with Gasteiger partial charge in [0.1, 0.15) is 5.75 Å². The van der Waals surface area contributed by atoms with Gasteiger partial charge in [-0.3, -0.25) is 0 Å². The monoisotopic (exact) mass is 257 g/mol. The van der Waals surface area contributed by atoms with Gasteiger partial charge in [0.25, 0.3) is 0 Å². The number of ether oxygens (including phenoxy) is 1. The lowest BCUT2D eigenvalue weighted by Gasteiger charge is -2.14. The molecule has 0 saturated heterocycles. The first-order chi connectivity index (χ1) is 7.71. The van der Waals surface area contributed by atoms with Crippen molar-refractivity contribution < 1.29 is 4.74 Å². The molecule has 1 aromatic rings. The summed E-state index contributed by atoms with van der Waals surface area (Å²) in [5, 5.41) is 0. The molecule has 2 nitrogen and oxygen atoms in total. The Labute approximate surface area is 111 Å². The summed E-state index contributed by atoms with van der Waals surface area (Å²) in [4.78, 5) is 0. The van der Waals surface area contributed by atoms with Gasteiger partial charge in [0.15, 0.2) is 0 Å². The molecule has 3 heteroatoms. The van der Waals surface area contributed by atoms with E-state index in [0.29, 0.717) is 0 Å². The highest BCUT2D eigenvalue weighted by molar-refractivity contribution is 5.85. The fourth-order valence-electron chi connectivity index (χ4n) is 1.81. The van der Waals surface area contributed by atoms with Gasteiger partial charge in [-0.2, -0.15) is 0 Å². The Kier molecular flexibility index (Phi) is 8.01. The molecule has 98 valence electrons. The van der Waals surface area contributed by atoms with E-state index in [4.69, 9.17) is 10.5 Å². The van der Waals surface area contributed by atoms with Crippen molar-refractivity contribution in [2.24, 2.45) is 5.73 Å². The van der Waals surface area contributed by atoms with Gasteiger partial charge < -0.3 is 10.5 Å². The number of aryl methyl sites for hydroxylation is 1. The summed E-state index contributed by atoms with van der Waals surface area (Å²) in [6.45, 7) is 7.03. The van der Waals surface area contributed by atoms with Gasteiger partial charge in [-0.25, -0.2) is 0 Å². The highest BCUT2D eigenvalue weighted by Gasteiger charge is 2.07. The summed E-state index contributed by atoms with van der Waals surface area (Å²) in [5.41, 5.74) is 8.71. The minimum atomic E-state index is 0. The third kappa shape index (κ3) is 4.97. The Bertz CT molecular complexity index is 328. The van der Waals surface area contributed by atoms with Crippen LogP contribution in [0.4, 0.5) is 0 Å². The Balaban J connectivity index is 0.00000256. The highest BCUT2D eigenvalue weighted by Crippen LogP contribution is 2.20. The summed E-state index contributed by atoms with van der Waals surface area (Å²) in [6, 6.07) is 6.60. The van der Waals surface area contributed by atoms with Crippen molar-refractivity contribution in [3.05, 3.63) is 29.3 Å². The van der Waals surface area contributed by atoms with Crippen LogP contribution in [-0.2, 0) is 12.8 Å². The second-order valence-electron chi connectivity index (χ2n) is 4.09. The molecule has 1 unspecified atom stereocenters. The van der Waals surface area contributed by atoms with Crippen molar-refractivity contribution in [2.75, 3.05) is 6.61 Å². The average molecular weight is 258 g/mol. The van der Waals surface area contributed by atoms with Gasteiger partial charge in [0.05, 0.1) is 6.61 Å². The summed E-state index contributed by atoms with van der Waals surface area (Å²) in [5.74, 6) is 0.966. The Hall–Kier alpha value is -0.730. The van der Waals surface area contributed by atoms with Crippen LogP contribution in [0.25, 0.3) is 0 Å². The quantitative estimate of drug-likeness (QED) is 0.848. The van der Waals surface area contributed by atoms with Crippen LogP contribution in [0.15, 0.2) is 18.2 Å². The van der Waals surface area contributed by atoms with E-state index in [1.54, 1.807) is 0 Å². The smallest absolute Gasteiger partial charge is 0.119 e. The summed E-state index contributed by atoms with van der Waals surface area (Å²) < 4.78 is 5.50. The van der Waals surface area contributed by atoms with Crippen LogP contribution < -0.4 is 10.5 Å². The van der Waals surface area contributed by atoms with Crippen molar-refractivity contribution in [1.82, 2.24) is 0 Å². The standard InChI is InChI=1S/C14H23NO.ClH/c1-4-11-10-14(16-6-3)8-7-12(11)9-13(15)5-2;/h7-8,10,13H,4-6,9,15H2,1-3H3;1H. The van der Waals surface area contributed by atoms with E-state index in [1.165, 1.54) is 11.1 Å². The molecule has 0 amide bonds. The van der Waals surface area contributed by atoms with Gasteiger partial charge >= 0.3 is 0 Å². The predicted molar refractivity (Wildman–Crippen MR) is 76.2 cm³/mol. The summed E-state index contributed by atoms with van der Waals surface area (Å²) in [6.07, 6.45) is 3.02. The fourth-order valence-corrected chi connectivity index (χ4v) is 1.81. The molecule has 1 aromatic carbocycles. The van der Waals surface area contributed by atoms with Crippen molar-refractivity contribution in [3.8, 4) is 5.75 Å². The summed E-state index contributed by atoms with van der Waals surface area (Å²) in [7, 11) is 0. The van der Waals surface area contributed by atoms with E-state index in [9.17, 15) is 0 Å². The van der Waals surface area contributed by atoms with E-state index in [2.05, 4.69) is 26.0 Å². The highest BCUT2D eigenvalue weighted by atomic mass is 35.5. The fraction of sp³-hybridized carbons (Fsp3) is 0.571.